The number of halogens is 2. The van der Waals surface area contributed by atoms with Crippen LogP contribution in [-0.2, 0) is 0 Å². The molecule has 0 bridgehead atoms. The predicted molar refractivity (Wildman–Crippen MR) is 57.2 cm³/mol. The van der Waals surface area contributed by atoms with Gasteiger partial charge >= 0.3 is 0 Å². The molecule has 0 unspecified atom stereocenters. The largest absolute Gasteiger partial charge is 0.263 e. The van der Waals surface area contributed by atoms with Crippen molar-refractivity contribution >= 4 is 0 Å². The Morgan fingerprint density at radius 1 is 0.933 bits per heavy atom. The first-order valence-corrected chi connectivity index (χ1v) is 5.65. The standard InChI is InChI=1S/C13H16F2/c14-13(15)12-8-6-11(7-9-12)10-4-2-1-3-5-10/h6-10,13H,1-5H2. The maximum atomic E-state index is 12.3. The average molecular weight is 210 g/mol. The van der Waals surface area contributed by atoms with Crippen molar-refractivity contribution in [1.82, 2.24) is 0 Å². The first kappa shape index (κ1) is 10.6. The Labute approximate surface area is 89.3 Å². The van der Waals surface area contributed by atoms with Crippen molar-refractivity contribution in [3.05, 3.63) is 35.4 Å². The molecular weight excluding hydrogens is 194 g/mol. The van der Waals surface area contributed by atoms with E-state index in [0.29, 0.717) is 5.92 Å². The Bertz CT molecular complexity index is 297. The molecular formula is C13H16F2. The summed E-state index contributed by atoms with van der Waals surface area (Å²) >= 11 is 0. The lowest BCUT2D eigenvalue weighted by atomic mass is 9.84. The number of hydrogen-bond acceptors (Lipinski definition) is 0. The summed E-state index contributed by atoms with van der Waals surface area (Å²) in [6.07, 6.45) is 3.97. The van der Waals surface area contributed by atoms with E-state index in [0.717, 1.165) is 0 Å². The van der Waals surface area contributed by atoms with E-state index < -0.39 is 6.43 Å². The van der Waals surface area contributed by atoms with Gasteiger partial charge in [-0.1, -0.05) is 43.5 Å². The average Bonchev–Trinajstić information content (AvgIpc) is 2.30. The minimum absolute atomic E-state index is 0.134. The molecule has 0 heterocycles. The van der Waals surface area contributed by atoms with Crippen molar-refractivity contribution in [3.63, 3.8) is 0 Å². The van der Waals surface area contributed by atoms with Gasteiger partial charge in [-0.3, -0.25) is 0 Å². The lowest BCUT2D eigenvalue weighted by Gasteiger charge is -2.22. The summed E-state index contributed by atoms with van der Waals surface area (Å²) in [6, 6.07) is 6.87. The molecule has 2 heteroatoms. The zero-order valence-electron chi connectivity index (χ0n) is 8.76. The molecule has 0 nitrogen and oxygen atoms in total. The molecule has 1 aliphatic rings. The topological polar surface area (TPSA) is 0 Å². The van der Waals surface area contributed by atoms with Crippen molar-refractivity contribution in [1.29, 1.82) is 0 Å². The maximum Gasteiger partial charge on any atom is 0.263 e. The minimum atomic E-state index is -2.34. The third kappa shape index (κ3) is 2.55. The van der Waals surface area contributed by atoms with E-state index in [1.807, 2.05) is 12.1 Å². The molecule has 1 saturated carbocycles. The molecule has 0 aromatic heterocycles. The zero-order valence-corrected chi connectivity index (χ0v) is 8.76. The van der Waals surface area contributed by atoms with E-state index in [1.165, 1.54) is 37.7 Å². The smallest absolute Gasteiger partial charge is 0.205 e. The van der Waals surface area contributed by atoms with Crippen LogP contribution in [0.25, 0.3) is 0 Å². The van der Waals surface area contributed by atoms with Gasteiger partial charge in [0.15, 0.2) is 0 Å². The van der Waals surface area contributed by atoms with Crippen LogP contribution >= 0.6 is 0 Å². The molecule has 0 radical (unpaired) electrons. The molecule has 0 aliphatic heterocycles. The van der Waals surface area contributed by atoms with Gasteiger partial charge in [0.25, 0.3) is 6.43 Å². The van der Waals surface area contributed by atoms with Crippen LogP contribution in [0.5, 0.6) is 0 Å². The van der Waals surface area contributed by atoms with Crippen LogP contribution in [0.1, 0.15) is 55.6 Å². The van der Waals surface area contributed by atoms with E-state index in [4.69, 9.17) is 0 Å². The summed E-state index contributed by atoms with van der Waals surface area (Å²) in [5.74, 6) is 0.602. The fourth-order valence-electron chi connectivity index (χ4n) is 2.35. The van der Waals surface area contributed by atoms with Crippen molar-refractivity contribution in [2.45, 2.75) is 44.4 Å². The number of hydrogen-bond donors (Lipinski definition) is 0. The van der Waals surface area contributed by atoms with Gasteiger partial charge in [-0.25, -0.2) is 8.78 Å². The highest BCUT2D eigenvalue weighted by atomic mass is 19.3. The van der Waals surface area contributed by atoms with Crippen LogP contribution in [-0.4, -0.2) is 0 Å². The molecule has 15 heavy (non-hydrogen) atoms. The van der Waals surface area contributed by atoms with Crippen LogP contribution in [0.2, 0.25) is 0 Å². The van der Waals surface area contributed by atoms with Gasteiger partial charge in [-0.15, -0.1) is 0 Å². The zero-order chi connectivity index (χ0) is 10.7. The number of alkyl halides is 2. The van der Waals surface area contributed by atoms with E-state index >= 15 is 0 Å². The quantitative estimate of drug-likeness (QED) is 0.665. The van der Waals surface area contributed by atoms with Crippen LogP contribution in [0.4, 0.5) is 8.78 Å². The van der Waals surface area contributed by atoms with E-state index in [2.05, 4.69) is 0 Å². The van der Waals surface area contributed by atoms with E-state index in [9.17, 15) is 8.78 Å². The Morgan fingerprint density at radius 2 is 1.53 bits per heavy atom. The molecule has 82 valence electrons. The molecule has 1 fully saturated rings. The van der Waals surface area contributed by atoms with Gasteiger partial charge in [0.05, 0.1) is 0 Å². The molecule has 0 spiro atoms. The summed E-state index contributed by atoms with van der Waals surface area (Å²) in [4.78, 5) is 0. The predicted octanol–water partition coefficient (Wildman–Crippen LogP) is 4.67. The molecule has 1 aromatic rings. The fraction of sp³-hybridized carbons (Fsp3) is 0.538. The van der Waals surface area contributed by atoms with Gasteiger partial charge < -0.3 is 0 Å². The van der Waals surface area contributed by atoms with Crippen molar-refractivity contribution in [3.8, 4) is 0 Å². The molecule has 0 atom stereocenters. The molecule has 0 saturated heterocycles. The lowest BCUT2D eigenvalue weighted by molar-refractivity contribution is 0.151. The molecule has 1 aliphatic carbocycles. The minimum Gasteiger partial charge on any atom is -0.205 e. The summed E-state index contributed by atoms with van der Waals surface area (Å²) < 4.78 is 24.7. The fourth-order valence-corrected chi connectivity index (χ4v) is 2.35. The third-order valence-electron chi connectivity index (χ3n) is 3.27. The Balaban J connectivity index is 2.08. The van der Waals surface area contributed by atoms with Crippen molar-refractivity contribution in [2.75, 3.05) is 0 Å². The summed E-state index contributed by atoms with van der Waals surface area (Å²) in [5.41, 5.74) is 1.37. The van der Waals surface area contributed by atoms with Crippen LogP contribution in [0.15, 0.2) is 24.3 Å². The lowest BCUT2D eigenvalue weighted by Crippen LogP contribution is -2.04. The van der Waals surface area contributed by atoms with Gasteiger partial charge in [0, 0.05) is 5.56 Å². The second kappa shape index (κ2) is 4.73. The van der Waals surface area contributed by atoms with Crippen LogP contribution < -0.4 is 0 Å². The van der Waals surface area contributed by atoms with Crippen LogP contribution in [0.3, 0.4) is 0 Å². The SMILES string of the molecule is FC(F)c1ccc(C2CCCCC2)cc1. The van der Waals surface area contributed by atoms with Gasteiger partial charge in [-0.05, 0) is 24.3 Å². The molecule has 2 rings (SSSR count). The third-order valence-corrected chi connectivity index (χ3v) is 3.27. The Hall–Kier alpha value is -0.920. The summed E-state index contributed by atoms with van der Waals surface area (Å²) in [7, 11) is 0. The van der Waals surface area contributed by atoms with E-state index in [-0.39, 0.29) is 5.56 Å². The van der Waals surface area contributed by atoms with Crippen LogP contribution in [0, 0.1) is 0 Å². The monoisotopic (exact) mass is 210 g/mol. The highest BCUT2D eigenvalue weighted by Crippen LogP contribution is 2.33. The Morgan fingerprint density at radius 3 is 2.07 bits per heavy atom. The van der Waals surface area contributed by atoms with Gasteiger partial charge in [-0.2, -0.15) is 0 Å². The first-order chi connectivity index (χ1) is 7.27. The van der Waals surface area contributed by atoms with E-state index in [1.54, 1.807) is 12.1 Å². The molecule has 0 N–H and O–H groups in total. The molecule has 0 amide bonds. The summed E-state index contributed by atoms with van der Waals surface area (Å²) in [6.45, 7) is 0. The first-order valence-electron chi connectivity index (χ1n) is 5.65. The number of benzene rings is 1. The van der Waals surface area contributed by atoms with Crippen molar-refractivity contribution < 1.29 is 8.78 Å². The second-order valence-corrected chi connectivity index (χ2v) is 4.30. The van der Waals surface area contributed by atoms with Gasteiger partial charge in [0.2, 0.25) is 0 Å². The highest BCUT2D eigenvalue weighted by Gasteiger charge is 2.15. The number of rotatable bonds is 2. The summed E-state index contributed by atoms with van der Waals surface area (Å²) in [5, 5.41) is 0. The van der Waals surface area contributed by atoms with Crippen molar-refractivity contribution in [2.24, 2.45) is 0 Å². The normalized spacial score (nSPS) is 18.3. The molecule has 1 aromatic carbocycles. The maximum absolute atomic E-state index is 12.3. The Kier molecular flexibility index (Phi) is 3.34. The second-order valence-electron chi connectivity index (χ2n) is 4.30. The highest BCUT2D eigenvalue weighted by molar-refractivity contribution is 5.26. The van der Waals surface area contributed by atoms with Gasteiger partial charge in [0.1, 0.15) is 0 Å².